The molecule has 1 saturated heterocycles. The summed E-state index contributed by atoms with van der Waals surface area (Å²) in [6, 6.07) is 17.7. The van der Waals surface area contributed by atoms with E-state index < -0.39 is 0 Å². The van der Waals surface area contributed by atoms with Crippen LogP contribution in [0.4, 0.5) is 11.4 Å². The summed E-state index contributed by atoms with van der Waals surface area (Å²) in [6.45, 7) is 2.65. The lowest BCUT2D eigenvalue weighted by Gasteiger charge is -2.35. The predicted octanol–water partition coefficient (Wildman–Crippen LogP) is 3.90. The number of fused-ring (bicyclic) bond motifs is 1. The number of nitrogens with one attached hydrogen (secondary N) is 1. The third-order valence-electron chi connectivity index (χ3n) is 5.12. The average Bonchev–Trinajstić information content (AvgIpc) is 2.72. The van der Waals surface area contributed by atoms with Crippen LogP contribution in [0.25, 0.3) is 10.9 Å². The molecule has 1 aliphatic heterocycles. The molecule has 2 heterocycles. The maximum atomic E-state index is 11.3. The second-order valence-corrected chi connectivity index (χ2v) is 6.91. The normalized spacial score (nSPS) is 17.2. The van der Waals surface area contributed by atoms with Crippen molar-refractivity contribution in [2.45, 2.75) is 25.4 Å². The lowest BCUT2D eigenvalue weighted by molar-refractivity contribution is -0.383. The van der Waals surface area contributed by atoms with Crippen LogP contribution in [-0.2, 0) is 6.54 Å². The van der Waals surface area contributed by atoms with Gasteiger partial charge in [-0.2, -0.15) is 0 Å². The van der Waals surface area contributed by atoms with Crippen LogP contribution in [-0.4, -0.2) is 29.0 Å². The first-order valence-electron chi connectivity index (χ1n) is 9.27. The summed E-state index contributed by atoms with van der Waals surface area (Å²) in [5.74, 6) is 0. The van der Waals surface area contributed by atoms with Crippen LogP contribution in [0.3, 0.4) is 0 Å². The molecule has 0 bridgehead atoms. The average molecular weight is 362 g/mol. The van der Waals surface area contributed by atoms with E-state index in [0.29, 0.717) is 16.9 Å². The molecule has 1 unspecified atom stereocenters. The number of hydrogen-bond donors (Lipinski definition) is 1. The fourth-order valence-corrected chi connectivity index (χ4v) is 3.78. The Labute approximate surface area is 158 Å². The molecule has 27 heavy (non-hydrogen) atoms. The van der Waals surface area contributed by atoms with E-state index in [2.05, 4.69) is 39.5 Å². The third kappa shape index (κ3) is 3.75. The van der Waals surface area contributed by atoms with E-state index in [4.69, 9.17) is 0 Å². The van der Waals surface area contributed by atoms with Crippen molar-refractivity contribution < 1.29 is 4.92 Å². The van der Waals surface area contributed by atoms with Crippen LogP contribution in [0, 0.1) is 10.1 Å². The van der Waals surface area contributed by atoms with Crippen LogP contribution in [0.5, 0.6) is 0 Å². The summed E-state index contributed by atoms with van der Waals surface area (Å²) in [5, 5.41) is 15.6. The van der Waals surface area contributed by atoms with Gasteiger partial charge >= 0.3 is 0 Å². The number of rotatable bonds is 5. The maximum Gasteiger partial charge on any atom is 0.278 e. The van der Waals surface area contributed by atoms with E-state index in [1.165, 1.54) is 5.56 Å². The number of nitro groups is 1. The molecule has 1 aliphatic rings. The minimum absolute atomic E-state index is 0.109. The van der Waals surface area contributed by atoms with E-state index in [9.17, 15) is 10.1 Å². The van der Waals surface area contributed by atoms with E-state index in [1.54, 1.807) is 24.4 Å². The molecule has 0 spiro atoms. The minimum Gasteiger partial charge on any atom is -0.368 e. The molecule has 0 amide bonds. The largest absolute Gasteiger partial charge is 0.368 e. The van der Waals surface area contributed by atoms with Gasteiger partial charge in [-0.05, 0) is 36.6 Å². The van der Waals surface area contributed by atoms with Crippen LogP contribution < -0.4 is 10.2 Å². The van der Waals surface area contributed by atoms with Gasteiger partial charge in [-0.3, -0.25) is 15.1 Å². The Morgan fingerprint density at radius 1 is 1.15 bits per heavy atom. The molecule has 6 heteroatoms. The first kappa shape index (κ1) is 17.4. The van der Waals surface area contributed by atoms with Gasteiger partial charge in [0.2, 0.25) is 0 Å². The SMILES string of the molecule is O=[N+]([O-])c1ccc(N2CCCC(NCc3ccccc3)C2)c2ncccc12. The van der Waals surface area contributed by atoms with Crippen molar-refractivity contribution in [3.63, 3.8) is 0 Å². The summed E-state index contributed by atoms with van der Waals surface area (Å²) in [5.41, 5.74) is 3.06. The fraction of sp³-hybridized carbons (Fsp3) is 0.286. The molecule has 1 fully saturated rings. The fourth-order valence-electron chi connectivity index (χ4n) is 3.78. The zero-order chi connectivity index (χ0) is 18.6. The zero-order valence-electron chi connectivity index (χ0n) is 15.0. The van der Waals surface area contributed by atoms with Gasteiger partial charge in [-0.15, -0.1) is 0 Å². The molecule has 0 aliphatic carbocycles. The van der Waals surface area contributed by atoms with Gasteiger partial charge < -0.3 is 10.2 Å². The first-order chi connectivity index (χ1) is 13.2. The van der Waals surface area contributed by atoms with Crippen LogP contribution in [0.15, 0.2) is 60.8 Å². The third-order valence-corrected chi connectivity index (χ3v) is 5.12. The monoisotopic (exact) mass is 362 g/mol. The smallest absolute Gasteiger partial charge is 0.278 e. The number of nitrogens with zero attached hydrogens (tertiary/aromatic N) is 3. The lowest BCUT2D eigenvalue weighted by Crippen LogP contribution is -2.45. The lowest BCUT2D eigenvalue weighted by atomic mass is 10.0. The Kier molecular flexibility index (Phi) is 4.98. The Bertz CT molecular complexity index is 945. The molecule has 0 saturated carbocycles. The molecule has 0 radical (unpaired) electrons. The van der Waals surface area contributed by atoms with E-state index in [1.807, 2.05) is 12.1 Å². The Hall–Kier alpha value is -2.99. The van der Waals surface area contributed by atoms with Crippen LogP contribution >= 0.6 is 0 Å². The number of pyridine rings is 1. The number of non-ortho nitro benzene ring substituents is 1. The standard InChI is InChI=1S/C21H22N4O2/c26-25(27)19-10-11-20(21-18(19)9-4-12-22-21)24-13-5-8-17(15-24)23-14-16-6-2-1-3-7-16/h1-4,6-7,9-12,17,23H,5,8,13-15H2. The number of anilines is 1. The number of benzene rings is 2. The van der Waals surface area contributed by atoms with Gasteiger partial charge in [0.15, 0.2) is 0 Å². The molecule has 4 rings (SSSR count). The minimum atomic E-state index is -0.339. The van der Waals surface area contributed by atoms with Crippen molar-refractivity contribution >= 4 is 22.3 Å². The van der Waals surface area contributed by atoms with Crippen LogP contribution in [0.1, 0.15) is 18.4 Å². The first-order valence-corrected chi connectivity index (χ1v) is 9.27. The topological polar surface area (TPSA) is 71.3 Å². The van der Waals surface area contributed by atoms with Crippen molar-refractivity contribution in [2.24, 2.45) is 0 Å². The summed E-state index contributed by atoms with van der Waals surface area (Å²) in [6.07, 6.45) is 3.91. The highest BCUT2D eigenvalue weighted by molar-refractivity contribution is 5.97. The van der Waals surface area contributed by atoms with Crippen LogP contribution in [0.2, 0.25) is 0 Å². The molecule has 138 valence electrons. The van der Waals surface area contributed by atoms with E-state index >= 15 is 0 Å². The Balaban J connectivity index is 1.55. The number of piperidine rings is 1. The van der Waals surface area contributed by atoms with Gasteiger partial charge in [-0.25, -0.2) is 0 Å². The summed E-state index contributed by atoms with van der Waals surface area (Å²) in [4.78, 5) is 17.7. The molecular formula is C21H22N4O2. The number of hydrogen-bond acceptors (Lipinski definition) is 5. The van der Waals surface area contributed by atoms with Gasteiger partial charge in [0.05, 0.1) is 16.0 Å². The molecule has 1 aromatic heterocycles. The molecule has 2 aromatic carbocycles. The highest BCUT2D eigenvalue weighted by atomic mass is 16.6. The van der Waals surface area contributed by atoms with Gasteiger partial charge in [-0.1, -0.05) is 30.3 Å². The second-order valence-electron chi connectivity index (χ2n) is 6.91. The van der Waals surface area contributed by atoms with E-state index in [-0.39, 0.29) is 10.6 Å². The highest BCUT2D eigenvalue weighted by Gasteiger charge is 2.23. The maximum absolute atomic E-state index is 11.3. The van der Waals surface area contributed by atoms with Crippen molar-refractivity contribution in [3.8, 4) is 0 Å². The molecule has 6 nitrogen and oxygen atoms in total. The molecule has 1 atom stereocenters. The number of aromatic nitrogens is 1. The summed E-state index contributed by atoms with van der Waals surface area (Å²) in [7, 11) is 0. The quantitative estimate of drug-likeness (QED) is 0.550. The Morgan fingerprint density at radius 3 is 2.81 bits per heavy atom. The van der Waals surface area contributed by atoms with E-state index in [0.717, 1.165) is 38.2 Å². The highest BCUT2D eigenvalue weighted by Crippen LogP contribution is 2.33. The van der Waals surface area contributed by atoms with Crippen molar-refractivity contribution in [3.05, 3.63) is 76.5 Å². The predicted molar refractivity (Wildman–Crippen MR) is 107 cm³/mol. The van der Waals surface area contributed by atoms with Gasteiger partial charge in [0, 0.05) is 37.9 Å². The number of nitro benzene ring substituents is 1. The molecular weight excluding hydrogens is 340 g/mol. The summed E-state index contributed by atoms with van der Waals surface area (Å²) >= 11 is 0. The zero-order valence-corrected chi connectivity index (χ0v) is 15.0. The molecule has 3 aromatic rings. The van der Waals surface area contributed by atoms with Crippen molar-refractivity contribution in [1.29, 1.82) is 0 Å². The van der Waals surface area contributed by atoms with Crippen molar-refractivity contribution in [2.75, 3.05) is 18.0 Å². The second kappa shape index (κ2) is 7.72. The Morgan fingerprint density at radius 2 is 2.00 bits per heavy atom. The van der Waals surface area contributed by atoms with Crippen molar-refractivity contribution in [1.82, 2.24) is 10.3 Å². The van der Waals surface area contributed by atoms with Gasteiger partial charge in [0.1, 0.15) is 5.52 Å². The molecule has 1 N–H and O–H groups in total. The van der Waals surface area contributed by atoms with Gasteiger partial charge in [0.25, 0.3) is 5.69 Å². The summed E-state index contributed by atoms with van der Waals surface area (Å²) < 4.78 is 0.